The molecule has 0 spiro atoms. The quantitative estimate of drug-likeness (QED) is 0.419. The van der Waals surface area contributed by atoms with Gasteiger partial charge in [0.15, 0.2) is 0 Å². The van der Waals surface area contributed by atoms with Gasteiger partial charge < -0.3 is 0 Å². The van der Waals surface area contributed by atoms with Crippen molar-refractivity contribution in [3.8, 4) is 11.3 Å². The number of hydrogen-bond donors (Lipinski definition) is 2. The number of carbonyl (C=O) groups excluding carboxylic acids is 1. The number of carbonyl (C=O) groups is 1. The lowest BCUT2D eigenvalue weighted by Crippen LogP contribution is -2.17. The van der Waals surface area contributed by atoms with Crippen LogP contribution in [0, 0.1) is 10.1 Å². The molecule has 124 valence electrons. The molecule has 1 amide bonds. The highest BCUT2D eigenvalue weighted by Gasteiger charge is 2.13. The third-order valence-electron chi connectivity index (χ3n) is 3.26. The van der Waals surface area contributed by atoms with Gasteiger partial charge in [0, 0.05) is 30.1 Å². The molecule has 0 atom stereocenters. The van der Waals surface area contributed by atoms with Crippen molar-refractivity contribution in [1.29, 1.82) is 0 Å². The molecule has 2 N–H and O–H groups in total. The number of nitro benzene ring substituents is 1. The van der Waals surface area contributed by atoms with Gasteiger partial charge in [0.2, 0.25) is 0 Å². The number of nitro groups is 1. The zero-order chi connectivity index (χ0) is 17.6. The van der Waals surface area contributed by atoms with Gasteiger partial charge in [0.25, 0.3) is 11.6 Å². The van der Waals surface area contributed by atoms with E-state index in [0.29, 0.717) is 11.3 Å². The van der Waals surface area contributed by atoms with Crippen LogP contribution in [-0.4, -0.2) is 32.2 Å². The summed E-state index contributed by atoms with van der Waals surface area (Å²) in [6.45, 7) is 0. The average Bonchev–Trinajstić information content (AvgIpc) is 3.13. The molecule has 0 unspecified atom stereocenters. The van der Waals surface area contributed by atoms with Crippen LogP contribution in [0.5, 0.6) is 0 Å². The van der Waals surface area contributed by atoms with E-state index in [2.05, 4.69) is 25.7 Å². The molecule has 9 heteroatoms. The minimum absolute atomic E-state index is 0.0477. The molecule has 2 aromatic heterocycles. The lowest BCUT2D eigenvalue weighted by atomic mass is 10.1. The second-order valence-corrected chi connectivity index (χ2v) is 4.95. The summed E-state index contributed by atoms with van der Waals surface area (Å²) in [5.74, 6) is -0.477. The second-order valence-electron chi connectivity index (χ2n) is 4.95. The van der Waals surface area contributed by atoms with Crippen LogP contribution in [0.25, 0.3) is 11.3 Å². The summed E-state index contributed by atoms with van der Waals surface area (Å²) in [5, 5.41) is 21.3. The van der Waals surface area contributed by atoms with Crippen molar-refractivity contribution in [3.63, 3.8) is 0 Å². The molecule has 9 nitrogen and oxygen atoms in total. The molecule has 0 bridgehead atoms. The van der Waals surface area contributed by atoms with Crippen LogP contribution in [0.1, 0.15) is 16.1 Å². The van der Waals surface area contributed by atoms with E-state index >= 15 is 0 Å². The van der Waals surface area contributed by atoms with Crippen molar-refractivity contribution in [2.24, 2.45) is 5.10 Å². The van der Waals surface area contributed by atoms with E-state index < -0.39 is 10.8 Å². The minimum atomic E-state index is -0.489. The SMILES string of the molecule is O=C(NN=Cc1ccncc1)c1cc(-c2cccc([N+](=O)[O-])c2)n[nH]1. The molecule has 0 aliphatic rings. The molecule has 3 rings (SSSR count). The lowest BCUT2D eigenvalue weighted by Gasteiger charge is -1.96. The fraction of sp³-hybridized carbons (Fsp3) is 0. The van der Waals surface area contributed by atoms with E-state index in [1.54, 1.807) is 36.7 Å². The Labute approximate surface area is 141 Å². The number of hydrazone groups is 1. The van der Waals surface area contributed by atoms with Gasteiger partial charge in [0.05, 0.1) is 16.8 Å². The highest BCUT2D eigenvalue weighted by atomic mass is 16.6. The Bertz CT molecular complexity index is 936. The molecule has 0 radical (unpaired) electrons. The molecule has 2 heterocycles. The van der Waals surface area contributed by atoms with Crippen LogP contribution in [0.3, 0.4) is 0 Å². The standard InChI is InChI=1S/C16H12N6O3/c23-16(21-18-10-11-4-6-17-7-5-11)15-9-14(19-20-15)12-2-1-3-13(8-12)22(24)25/h1-10H,(H,19,20)(H,21,23). The summed E-state index contributed by atoms with van der Waals surface area (Å²) in [7, 11) is 0. The number of aromatic amines is 1. The first-order chi connectivity index (χ1) is 12.1. The van der Waals surface area contributed by atoms with E-state index in [1.807, 2.05) is 0 Å². The first-order valence-corrected chi connectivity index (χ1v) is 7.17. The van der Waals surface area contributed by atoms with Crippen molar-refractivity contribution < 1.29 is 9.72 Å². The number of nitrogens with zero attached hydrogens (tertiary/aromatic N) is 4. The number of hydrogen-bond acceptors (Lipinski definition) is 6. The lowest BCUT2D eigenvalue weighted by molar-refractivity contribution is -0.384. The van der Waals surface area contributed by atoms with Crippen molar-refractivity contribution >= 4 is 17.8 Å². The molecule has 0 aliphatic carbocycles. The van der Waals surface area contributed by atoms with Crippen LogP contribution in [0.4, 0.5) is 5.69 Å². The molecule has 0 saturated heterocycles. The minimum Gasteiger partial charge on any atom is -0.272 e. The number of rotatable bonds is 5. The van der Waals surface area contributed by atoms with Gasteiger partial charge in [-0.05, 0) is 23.8 Å². The van der Waals surface area contributed by atoms with Crippen LogP contribution in [0.15, 0.2) is 60.0 Å². The number of pyridine rings is 1. The maximum absolute atomic E-state index is 12.0. The molecular formula is C16H12N6O3. The van der Waals surface area contributed by atoms with Gasteiger partial charge in [-0.1, -0.05) is 12.1 Å². The smallest absolute Gasteiger partial charge is 0.272 e. The maximum Gasteiger partial charge on any atom is 0.289 e. The van der Waals surface area contributed by atoms with Gasteiger partial charge in [-0.25, -0.2) is 5.43 Å². The van der Waals surface area contributed by atoms with E-state index in [0.717, 1.165) is 5.56 Å². The Balaban J connectivity index is 1.70. The highest BCUT2D eigenvalue weighted by Crippen LogP contribution is 2.22. The van der Waals surface area contributed by atoms with Crippen molar-refractivity contribution in [2.75, 3.05) is 0 Å². The maximum atomic E-state index is 12.0. The van der Waals surface area contributed by atoms with Crippen molar-refractivity contribution in [1.82, 2.24) is 20.6 Å². The number of nitrogens with one attached hydrogen (secondary N) is 2. The summed E-state index contributed by atoms with van der Waals surface area (Å²) >= 11 is 0. The van der Waals surface area contributed by atoms with Crippen molar-refractivity contribution in [2.45, 2.75) is 0 Å². The Morgan fingerprint density at radius 1 is 1.24 bits per heavy atom. The third kappa shape index (κ3) is 3.91. The topological polar surface area (TPSA) is 126 Å². The first kappa shape index (κ1) is 16.0. The van der Waals surface area contributed by atoms with E-state index in [1.165, 1.54) is 24.4 Å². The summed E-state index contributed by atoms with van der Waals surface area (Å²) in [4.78, 5) is 26.3. The third-order valence-corrected chi connectivity index (χ3v) is 3.26. The predicted octanol–water partition coefficient (Wildman–Crippen LogP) is 2.14. The van der Waals surface area contributed by atoms with Crippen LogP contribution >= 0.6 is 0 Å². The molecule has 0 aliphatic heterocycles. The molecule has 0 saturated carbocycles. The van der Waals surface area contributed by atoms with Crippen molar-refractivity contribution in [3.05, 3.63) is 76.2 Å². The predicted molar refractivity (Wildman–Crippen MR) is 90.0 cm³/mol. The Morgan fingerprint density at radius 3 is 2.80 bits per heavy atom. The largest absolute Gasteiger partial charge is 0.289 e. The highest BCUT2D eigenvalue weighted by molar-refractivity contribution is 5.94. The molecule has 0 fully saturated rings. The summed E-state index contributed by atoms with van der Waals surface area (Å²) in [6, 6.07) is 11.0. The van der Waals surface area contributed by atoms with Gasteiger partial charge in [-0.3, -0.25) is 25.0 Å². The second kappa shape index (κ2) is 7.13. The number of aromatic nitrogens is 3. The number of non-ortho nitro benzene ring substituents is 1. The monoisotopic (exact) mass is 336 g/mol. The first-order valence-electron chi connectivity index (χ1n) is 7.17. The van der Waals surface area contributed by atoms with Crippen LogP contribution in [-0.2, 0) is 0 Å². The van der Waals surface area contributed by atoms with Crippen LogP contribution < -0.4 is 5.43 Å². The molecule has 3 aromatic rings. The number of H-pyrrole nitrogens is 1. The molecule has 1 aromatic carbocycles. The molecule has 25 heavy (non-hydrogen) atoms. The van der Waals surface area contributed by atoms with Gasteiger partial charge in [-0.15, -0.1) is 0 Å². The average molecular weight is 336 g/mol. The van der Waals surface area contributed by atoms with Gasteiger partial charge >= 0.3 is 0 Å². The normalized spacial score (nSPS) is 10.7. The zero-order valence-corrected chi connectivity index (χ0v) is 12.8. The van der Waals surface area contributed by atoms with Gasteiger partial charge in [0.1, 0.15) is 5.69 Å². The number of amides is 1. The van der Waals surface area contributed by atoms with E-state index in [4.69, 9.17) is 0 Å². The summed E-state index contributed by atoms with van der Waals surface area (Å²) in [6.07, 6.45) is 4.71. The summed E-state index contributed by atoms with van der Waals surface area (Å²) in [5.41, 5.74) is 4.26. The van der Waals surface area contributed by atoms with E-state index in [9.17, 15) is 14.9 Å². The Hall–Kier alpha value is -3.88. The fourth-order valence-corrected chi connectivity index (χ4v) is 2.04. The van der Waals surface area contributed by atoms with E-state index in [-0.39, 0.29) is 11.4 Å². The van der Waals surface area contributed by atoms with Gasteiger partial charge in [-0.2, -0.15) is 10.2 Å². The zero-order valence-electron chi connectivity index (χ0n) is 12.8. The fourth-order valence-electron chi connectivity index (χ4n) is 2.04. The number of benzene rings is 1. The Morgan fingerprint density at radius 2 is 2.04 bits per heavy atom. The Kier molecular flexibility index (Phi) is 4.56. The van der Waals surface area contributed by atoms with Crippen LogP contribution in [0.2, 0.25) is 0 Å². The molecular weight excluding hydrogens is 324 g/mol. The summed E-state index contributed by atoms with van der Waals surface area (Å²) < 4.78 is 0.